The quantitative estimate of drug-likeness (QED) is 0.897. The summed E-state index contributed by atoms with van der Waals surface area (Å²) in [6.45, 7) is 5.81. The van der Waals surface area contributed by atoms with Crippen LogP contribution in [0, 0.1) is 11.8 Å². The molecule has 1 amide bonds. The average molecular weight is 274 g/mol. The number of para-hydroxylation sites is 1. The van der Waals surface area contributed by atoms with Gasteiger partial charge >= 0.3 is 0 Å². The molecular weight excluding hydrogens is 248 g/mol. The van der Waals surface area contributed by atoms with Crippen LogP contribution in [0.4, 0.5) is 5.69 Å². The first-order chi connectivity index (χ1) is 9.61. The van der Waals surface area contributed by atoms with Crippen LogP contribution in [0.15, 0.2) is 24.3 Å². The first-order valence-electron chi connectivity index (χ1n) is 7.70. The maximum atomic E-state index is 12.6. The van der Waals surface area contributed by atoms with Crippen molar-refractivity contribution >= 4 is 11.6 Å². The third-order valence-corrected chi connectivity index (χ3v) is 4.01. The molecule has 1 atom stereocenters. The van der Waals surface area contributed by atoms with Crippen molar-refractivity contribution in [2.45, 2.75) is 39.5 Å². The number of benzene rings is 1. The van der Waals surface area contributed by atoms with Gasteiger partial charge in [-0.2, -0.15) is 0 Å². The number of hydrogen-bond donors (Lipinski definition) is 1. The van der Waals surface area contributed by atoms with Crippen LogP contribution in [0.25, 0.3) is 0 Å². The average Bonchev–Trinajstić information content (AvgIpc) is 2.45. The summed E-state index contributed by atoms with van der Waals surface area (Å²) in [4.78, 5) is 14.5. The Morgan fingerprint density at radius 1 is 1.35 bits per heavy atom. The van der Waals surface area contributed by atoms with Gasteiger partial charge in [0.25, 0.3) is 0 Å². The van der Waals surface area contributed by atoms with Crippen molar-refractivity contribution in [1.82, 2.24) is 0 Å². The summed E-state index contributed by atoms with van der Waals surface area (Å²) in [7, 11) is 0. The van der Waals surface area contributed by atoms with Crippen LogP contribution >= 0.6 is 0 Å². The maximum absolute atomic E-state index is 12.6. The number of nitrogens with zero attached hydrogens (tertiary/aromatic N) is 1. The van der Waals surface area contributed by atoms with Gasteiger partial charge in [0.2, 0.25) is 5.91 Å². The Bertz CT molecular complexity index is 456. The van der Waals surface area contributed by atoms with Crippen molar-refractivity contribution < 1.29 is 4.79 Å². The number of hydrogen-bond acceptors (Lipinski definition) is 2. The predicted octanol–water partition coefficient (Wildman–Crippen LogP) is 2.98. The molecule has 1 unspecified atom stereocenters. The van der Waals surface area contributed by atoms with Crippen molar-refractivity contribution in [2.75, 3.05) is 18.0 Å². The zero-order valence-corrected chi connectivity index (χ0v) is 12.6. The lowest BCUT2D eigenvalue weighted by Gasteiger charge is -2.31. The Morgan fingerprint density at radius 2 is 2.10 bits per heavy atom. The summed E-state index contributed by atoms with van der Waals surface area (Å²) in [5.74, 6) is 1.12. The summed E-state index contributed by atoms with van der Waals surface area (Å²) in [6, 6.07) is 8.25. The fourth-order valence-electron chi connectivity index (χ4n) is 3.08. The van der Waals surface area contributed by atoms with E-state index < -0.39 is 0 Å². The molecule has 110 valence electrons. The SMILES string of the molecule is CC(C)CC(CN)CC(=O)N1CCCc2ccccc21. The van der Waals surface area contributed by atoms with Gasteiger partial charge in [0.15, 0.2) is 0 Å². The number of aryl methyl sites for hydroxylation is 1. The Kier molecular flexibility index (Phi) is 5.18. The van der Waals surface area contributed by atoms with E-state index in [4.69, 9.17) is 5.73 Å². The first-order valence-corrected chi connectivity index (χ1v) is 7.70. The van der Waals surface area contributed by atoms with E-state index in [-0.39, 0.29) is 5.91 Å². The van der Waals surface area contributed by atoms with Crippen LogP contribution in [0.3, 0.4) is 0 Å². The topological polar surface area (TPSA) is 46.3 Å². The molecule has 0 saturated carbocycles. The van der Waals surface area contributed by atoms with E-state index in [0.29, 0.717) is 24.8 Å². The number of carbonyl (C=O) groups is 1. The van der Waals surface area contributed by atoms with Crippen molar-refractivity contribution in [2.24, 2.45) is 17.6 Å². The molecule has 2 N–H and O–H groups in total. The molecule has 3 heteroatoms. The van der Waals surface area contributed by atoms with Crippen molar-refractivity contribution in [3.8, 4) is 0 Å². The molecule has 0 aromatic heterocycles. The molecule has 20 heavy (non-hydrogen) atoms. The Morgan fingerprint density at radius 3 is 2.80 bits per heavy atom. The molecule has 0 spiro atoms. The second-order valence-electron chi connectivity index (χ2n) is 6.21. The number of rotatable bonds is 5. The van der Waals surface area contributed by atoms with Crippen molar-refractivity contribution in [3.05, 3.63) is 29.8 Å². The van der Waals surface area contributed by atoms with E-state index >= 15 is 0 Å². The Balaban J connectivity index is 2.06. The molecule has 0 radical (unpaired) electrons. The van der Waals surface area contributed by atoms with Crippen molar-refractivity contribution in [1.29, 1.82) is 0 Å². The van der Waals surface area contributed by atoms with E-state index in [0.717, 1.165) is 31.5 Å². The van der Waals surface area contributed by atoms with Gasteiger partial charge < -0.3 is 10.6 Å². The number of amides is 1. The van der Waals surface area contributed by atoms with Crippen LogP contribution in [-0.2, 0) is 11.2 Å². The van der Waals surface area contributed by atoms with Crippen LogP contribution in [0.1, 0.15) is 38.7 Å². The van der Waals surface area contributed by atoms with Crippen molar-refractivity contribution in [3.63, 3.8) is 0 Å². The Labute approximate surface area is 122 Å². The number of fused-ring (bicyclic) bond motifs is 1. The minimum atomic E-state index is 0.230. The summed E-state index contributed by atoms with van der Waals surface area (Å²) in [5, 5.41) is 0. The molecule has 0 saturated heterocycles. The zero-order chi connectivity index (χ0) is 14.5. The number of nitrogens with two attached hydrogens (primary N) is 1. The van der Waals surface area contributed by atoms with E-state index in [1.54, 1.807) is 0 Å². The van der Waals surface area contributed by atoms with E-state index in [1.807, 2.05) is 17.0 Å². The summed E-state index contributed by atoms with van der Waals surface area (Å²) >= 11 is 0. The zero-order valence-electron chi connectivity index (χ0n) is 12.6. The summed E-state index contributed by atoms with van der Waals surface area (Å²) in [5.41, 5.74) is 8.22. The normalized spacial score (nSPS) is 16.1. The van der Waals surface area contributed by atoms with E-state index in [9.17, 15) is 4.79 Å². The highest BCUT2D eigenvalue weighted by Gasteiger charge is 2.24. The van der Waals surface area contributed by atoms with Crippen LogP contribution in [0.5, 0.6) is 0 Å². The highest BCUT2D eigenvalue weighted by Crippen LogP contribution is 2.28. The minimum absolute atomic E-state index is 0.230. The lowest BCUT2D eigenvalue weighted by atomic mass is 9.93. The maximum Gasteiger partial charge on any atom is 0.227 e. The van der Waals surface area contributed by atoms with Gasteiger partial charge in [-0.1, -0.05) is 32.0 Å². The van der Waals surface area contributed by atoms with Crippen LogP contribution in [-0.4, -0.2) is 19.0 Å². The third kappa shape index (κ3) is 3.60. The fourth-order valence-corrected chi connectivity index (χ4v) is 3.08. The molecule has 0 aliphatic carbocycles. The molecule has 3 nitrogen and oxygen atoms in total. The molecule has 2 rings (SSSR count). The molecule has 0 fully saturated rings. The van der Waals surface area contributed by atoms with Gasteiger partial charge in [-0.15, -0.1) is 0 Å². The number of anilines is 1. The van der Waals surface area contributed by atoms with Gasteiger partial charge in [-0.25, -0.2) is 0 Å². The first kappa shape index (κ1) is 15.0. The van der Waals surface area contributed by atoms with Gasteiger partial charge in [-0.3, -0.25) is 4.79 Å². The lowest BCUT2D eigenvalue weighted by Crippen LogP contribution is -2.37. The van der Waals surface area contributed by atoms with Crippen LogP contribution in [0.2, 0.25) is 0 Å². The van der Waals surface area contributed by atoms with Gasteiger partial charge in [-0.05, 0) is 49.3 Å². The Hall–Kier alpha value is -1.35. The van der Waals surface area contributed by atoms with Gasteiger partial charge in [0.1, 0.15) is 0 Å². The molecule has 1 aliphatic heterocycles. The standard InChI is InChI=1S/C17H26N2O/c1-13(2)10-14(12-18)11-17(20)19-9-5-7-15-6-3-4-8-16(15)19/h3-4,6,8,13-14H,5,7,9-12,18H2,1-2H3. The highest BCUT2D eigenvalue weighted by atomic mass is 16.2. The van der Waals surface area contributed by atoms with Gasteiger partial charge in [0, 0.05) is 18.7 Å². The summed E-state index contributed by atoms with van der Waals surface area (Å²) in [6.07, 6.45) is 3.73. The molecule has 1 aromatic carbocycles. The third-order valence-electron chi connectivity index (χ3n) is 4.01. The monoisotopic (exact) mass is 274 g/mol. The predicted molar refractivity (Wildman–Crippen MR) is 83.7 cm³/mol. The second-order valence-corrected chi connectivity index (χ2v) is 6.21. The largest absolute Gasteiger partial charge is 0.330 e. The fraction of sp³-hybridized carbons (Fsp3) is 0.588. The smallest absolute Gasteiger partial charge is 0.227 e. The molecule has 0 bridgehead atoms. The summed E-state index contributed by atoms with van der Waals surface area (Å²) < 4.78 is 0. The molecular formula is C17H26N2O. The van der Waals surface area contributed by atoms with E-state index in [1.165, 1.54) is 5.56 Å². The molecule has 1 heterocycles. The number of carbonyl (C=O) groups excluding carboxylic acids is 1. The highest BCUT2D eigenvalue weighted by molar-refractivity contribution is 5.94. The second kappa shape index (κ2) is 6.89. The minimum Gasteiger partial charge on any atom is -0.330 e. The molecule has 1 aliphatic rings. The molecule has 1 aromatic rings. The van der Waals surface area contributed by atoms with Gasteiger partial charge in [0.05, 0.1) is 0 Å². The lowest BCUT2D eigenvalue weighted by molar-refractivity contribution is -0.119. The van der Waals surface area contributed by atoms with E-state index in [2.05, 4.69) is 26.0 Å². The van der Waals surface area contributed by atoms with Crippen LogP contribution < -0.4 is 10.6 Å².